The molecule has 166 valence electrons. The molecule has 1 aliphatic carbocycles. The predicted molar refractivity (Wildman–Crippen MR) is 108 cm³/mol. The van der Waals surface area contributed by atoms with Gasteiger partial charge in [0.15, 0.2) is 0 Å². The Bertz CT molecular complexity index is 1010. The maximum absolute atomic E-state index is 13.8. The van der Waals surface area contributed by atoms with Crippen molar-refractivity contribution in [1.82, 2.24) is 4.98 Å². The maximum atomic E-state index is 13.8. The van der Waals surface area contributed by atoms with Gasteiger partial charge in [0.2, 0.25) is 0 Å². The number of aromatic carboxylic acids is 1. The van der Waals surface area contributed by atoms with Crippen molar-refractivity contribution in [3.8, 4) is 0 Å². The number of anilines is 1. The van der Waals surface area contributed by atoms with Crippen LogP contribution in [0.1, 0.15) is 58.4 Å². The second-order valence-corrected chi connectivity index (χ2v) is 8.59. The standard InChI is InChI=1S/C23H24F4N2O2/c1-3-17-19(22(30)31)6-12(2)28-21(17)29-10-14-7-13(8-15(14)11-29)18-9-16(24)4-5-20(18)23(25,26)27/h4-6,9,13-15H,3,7-8,10-11H2,1-2H3,(H,30,31). The summed E-state index contributed by atoms with van der Waals surface area (Å²) < 4.78 is 54.1. The van der Waals surface area contributed by atoms with Gasteiger partial charge < -0.3 is 10.0 Å². The first-order valence-electron chi connectivity index (χ1n) is 10.4. The van der Waals surface area contributed by atoms with Crippen LogP contribution in [0.4, 0.5) is 23.4 Å². The Morgan fingerprint density at radius 2 is 1.84 bits per heavy atom. The van der Waals surface area contributed by atoms with E-state index in [1.54, 1.807) is 13.0 Å². The molecular formula is C23H24F4N2O2. The average molecular weight is 436 g/mol. The summed E-state index contributed by atoms with van der Waals surface area (Å²) in [6.07, 6.45) is -2.89. The molecule has 0 amide bonds. The molecule has 31 heavy (non-hydrogen) atoms. The van der Waals surface area contributed by atoms with Gasteiger partial charge in [-0.2, -0.15) is 13.2 Å². The number of alkyl halides is 3. The Morgan fingerprint density at radius 1 is 1.19 bits per heavy atom. The molecule has 4 rings (SSSR count). The molecule has 1 aliphatic heterocycles. The van der Waals surface area contributed by atoms with E-state index in [4.69, 9.17) is 0 Å². The van der Waals surface area contributed by atoms with Crippen molar-refractivity contribution < 1.29 is 27.5 Å². The largest absolute Gasteiger partial charge is 0.478 e. The smallest absolute Gasteiger partial charge is 0.416 e. The Morgan fingerprint density at radius 3 is 2.39 bits per heavy atom. The molecule has 0 radical (unpaired) electrons. The number of aryl methyl sites for hydroxylation is 1. The monoisotopic (exact) mass is 436 g/mol. The number of hydrogen-bond acceptors (Lipinski definition) is 3. The van der Waals surface area contributed by atoms with Crippen molar-refractivity contribution in [3.63, 3.8) is 0 Å². The van der Waals surface area contributed by atoms with E-state index in [-0.39, 0.29) is 28.9 Å². The van der Waals surface area contributed by atoms with Gasteiger partial charge in [-0.05, 0) is 73.8 Å². The highest BCUT2D eigenvalue weighted by atomic mass is 19.4. The van der Waals surface area contributed by atoms with Gasteiger partial charge in [0.25, 0.3) is 0 Å². The number of halogens is 4. The molecule has 2 fully saturated rings. The highest BCUT2D eigenvalue weighted by molar-refractivity contribution is 5.91. The maximum Gasteiger partial charge on any atom is 0.416 e. The molecule has 1 saturated carbocycles. The molecule has 1 aromatic heterocycles. The summed E-state index contributed by atoms with van der Waals surface area (Å²) in [4.78, 5) is 18.3. The average Bonchev–Trinajstić information content (AvgIpc) is 3.25. The lowest BCUT2D eigenvalue weighted by molar-refractivity contribution is -0.138. The first kappa shape index (κ1) is 21.6. The van der Waals surface area contributed by atoms with Gasteiger partial charge in [-0.15, -0.1) is 0 Å². The van der Waals surface area contributed by atoms with Gasteiger partial charge in [-0.25, -0.2) is 14.2 Å². The van der Waals surface area contributed by atoms with E-state index in [1.807, 2.05) is 6.92 Å². The molecule has 2 aliphatic rings. The fraction of sp³-hybridized carbons (Fsp3) is 0.478. The first-order chi connectivity index (χ1) is 14.6. The second-order valence-electron chi connectivity index (χ2n) is 8.59. The number of aromatic nitrogens is 1. The van der Waals surface area contributed by atoms with Crippen molar-refractivity contribution >= 4 is 11.8 Å². The summed E-state index contributed by atoms with van der Waals surface area (Å²) in [6, 6.07) is 4.30. The number of pyridine rings is 1. The first-order valence-corrected chi connectivity index (χ1v) is 10.4. The van der Waals surface area contributed by atoms with E-state index in [2.05, 4.69) is 9.88 Å². The molecule has 1 aromatic carbocycles. The summed E-state index contributed by atoms with van der Waals surface area (Å²) >= 11 is 0. The molecule has 8 heteroatoms. The summed E-state index contributed by atoms with van der Waals surface area (Å²) in [5.41, 5.74) is 0.836. The molecule has 2 atom stereocenters. The quantitative estimate of drug-likeness (QED) is 0.649. The van der Waals surface area contributed by atoms with Gasteiger partial charge in [0, 0.05) is 24.3 Å². The number of nitrogens with zero attached hydrogens (tertiary/aromatic N) is 2. The fourth-order valence-corrected chi connectivity index (χ4v) is 5.34. The highest BCUT2D eigenvalue weighted by Crippen LogP contribution is 2.49. The summed E-state index contributed by atoms with van der Waals surface area (Å²) in [5.74, 6) is -1.000. The molecule has 1 saturated heterocycles. The van der Waals surface area contributed by atoms with Crippen LogP contribution in [0.15, 0.2) is 24.3 Å². The minimum atomic E-state index is -4.51. The van der Waals surface area contributed by atoms with Crippen LogP contribution in [0.25, 0.3) is 0 Å². The topological polar surface area (TPSA) is 53.4 Å². The minimum absolute atomic E-state index is 0.0459. The number of fused-ring (bicyclic) bond motifs is 1. The van der Waals surface area contributed by atoms with Crippen LogP contribution in [-0.2, 0) is 12.6 Å². The SMILES string of the molecule is CCc1c(C(=O)O)cc(C)nc1N1CC2CC(c3cc(F)ccc3C(F)(F)F)CC2C1. The van der Waals surface area contributed by atoms with Crippen molar-refractivity contribution in [2.45, 2.75) is 45.2 Å². The van der Waals surface area contributed by atoms with Crippen molar-refractivity contribution in [2.75, 3.05) is 18.0 Å². The molecule has 2 unspecified atom stereocenters. The molecule has 0 spiro atoms. The Kier molecular flexibility index (Phi) is 5.43. The lowest BCUT2D eigenvalue weighted by Crippen LogP contribution is -2.25. The minimum Gasteiger partial charge on any atom is -0.478 e. The molecule has 0 bridgehead atoms. The van der Waals surface area contributed by atoms with Crippen molar-refractivity contribution in [1.29, 1.82) is 0 Å². The van der Waals surface area contributed by atoms with E-state index in [0.717, 1.165) is 18.2 Å². The molecule has 2 heterocycles. The molecular weight excluding hydrogens is 412 g/mol. The highest BCUT2D eigenvalue weighted by Gasteiger charge is 2.45. The number of benzene rings is 1. The van der Waals surface area contributed by atoms with E-state index in [0.29, 0.717) is 49.4 Å². The zero-order valence-electron chi connectivity index (χ0n) is 17.3. The fourth-order valence-electron chi connectivity index (χ4n) is 5.34. The zero-order valence-corrected chi connectivity index (χ0v) is 17.3. The van der Waals surface area contributed by atoms with Crippen molar-refractivity contribution in [2.24, 2.45) is 11.8 Å². The van der Waals surface area contributed by atoms with Gasteiger partial charge in [-0.1, -0.05) is 6.92 Å². The Labute approximate surface area is 177 Å². The number of carbonyl (C=O) groups is 1. The third kappa shape index (κ3) is 4.00. The van der Waals surface area contributed by atoms with Crippen molar-refractivity contribution in [3.05, 3.63) is 58.0 Å². The van der Waals surface area contributed by atoms with Crippen LogP contribution < -0.4 is 4.90 Å². The van der Waals surface area contributed by atoms with Gasteiger partial charge in [0.1, 0.15) is 11.6 Å². The van der Waals surface area contributed by atoms with Crippen LogP contribution in [0, 0.1) is 24.6 Å². The normalized spacial score (nSPS) is 23.3. The number of rotatable bonds is 4. The van der Waals surface area contributed by atoms with Crippen LogP contribution in [-0.4, -0.2) is 29.1 Å². The second kappa shape index (κ2) is 7.80. The lowest BCUT2D eigenvalue weighted by atomic mass is 9.91. The number of carboxylic acid groups (broad SMARTS) is 1. The van der Waals surface area contributed by atoms with Crippen LogP contribution in [0.3, 0.4) is 0 Å². The van der Waals surface area contributed by atoms with E-state index < -0.39 is 23.5 Å². The molecule has 1 N–H and O–H groups in total. The Hall–Kier alpha value is -2.64. The van der Waals surface area contributed by atoms with Gasteiger partial charge >= 0.3 is 12.1 Å². The zero-order chi connectivity index (χ0) is 22.5. The molecule has 4 nitrogen and oxygen atoms in total. The number of hydrogen-bond donors (Lipinski definition) is 1. The number of carboxylic acids is 1. The van der Waals surface area contributed by atoms with E-state index in [9.17, 15) is 27.5 Å². The van der Waals surface area contributed by atoms with Gasteiger partial charge in [-0.3, -0.25) is 0 Å². The molecule has 2 aromatic rings. The lowest BCUT2D eigenvalue weighted by Gasteiger charge is -2.25. The summed E-state index contributed by atoms with van der Waals surface area (Å²) in [6.45, 7) is 4.86. The van der Waals surface area contributed by atoms with Crippen LogP contribution >= 0.6 is 0 Å². The van der Waals surface area contributed by atoms with Gasteiger partial charge in [0.05, 0.1) is 11.1 Å². The van der Waals surface area contributed by atoms with E-state index >= 15 is 0 Å². The summed E-state index contributed by atoms with van der Waals surface area (Å²) in [7, 11) is 0. The van der Waals surface area contributed by atoms with E-state index in [1.165, 1.54) is 0 Å². The third-order valence-electron chi connectivity index (χ3n) is 6.62. The summed E-state index contributed by atoms with van der Waals surface area (Å²) in [5, 5.41) is 9.56. The third-order valence-corrected chi connectivity index (χ3v) is 6.62. The predicted octanol–water partition coefficient (Wildman–Crippen LogP) is 5.44. The van der Waals surface area contributed by atoms with Crippen LogP contribution in [0.5, 0.6) is 0 Å². The van der Waals surface area contributed by atoms with Crippen LogP contribution in [0.2, 0.25) is 0 Å². The Balaban J connectivity index is 1.58.